The lowest BCUT2D eigenvalue weighted by atomic mass is 9.72. The largest absolute Gasteiger partial charge is 0.497 e. The van der Waals surface area contributed by atoms with Crippen LogP contribution in [-0.4, -0.2) is 42.4 Å². The number of anilines is 1. The van der Waals surface area contributed by atoms with Gasteiger partial charge in [-0.15, -0.1) is 0 Å². The van der Waals surface area contributed by atoms with Crippen molar-refractivity contribution in [2.24, 2.45) is 5.92 Å². The Kier molecular flexibility index (Phi) is 7.16. The summed E-state index contributed by atoms with van der Waals surface area (Å²) in [6, 6.07) is 25.6. The van der Waals surface area contributed by atoms with Crippen LogP contribution in [0.2, 0.25) is 0 Å². The Balaban J connectivity index is 1.49. The molecule has 1 saturated heterocycles. The van der Waals surface area contributed by atoms with E-state index in [2.05, 4.69) is 10.2 Å². The predicted octanol–water partition coefficient (Wildman–Crippen LogP) is 5.05. The number of rotatable bonds is 6. The quantitative estimate of drug-likeness (QED) is 0.500. The molecule has 0 unspecified atom stereocenters. The summed E-state index contributed by atoms with van der Waals surface area (Å²) >= 11 is 5.71. The highest BCUT2D eigenvalue weighted by Gasteiger charge is 2.41. The normalized spacial score (nSPS) is 14.6. The second kappa shape index (κ2) is 10.2. The van der Waals surface area contributed by atoms with E-state index < -0.39 is 5.60 Å². The third kappa shape index (κ3) is 4.82. The van der Waals surface area contributed by atoms with Crippen molar-refractivity contribution in [1.29, 1.82) is 0 Å². The summed E-state index contributed by atoms with van der Waals surface area (Å²) in [5.74, 6) is 1.48. The van der Waals surface area contributed by atoms with E-state index in [0.717, 1.165) is 48.5 Å². The minimum absolute atomic E-state index is 0.0804. The third-order valence-electron chi connectivity index (χ3n) is 6.45. The standard InChI is InChI=1S/C27H30N2O3S/c1-31-23-13-14-24(25(19-23)32-2)28-26(33)29-17-15-22(16-18-29)27(30,20-9-5-3-6-10-20)21-11-7-4-8-12-21/h3-14,19,22,30H,15-18H2,1-2H3,(H,28,33). The topological polar surface area (TPSA) is 54.0 Å². The van der Waals surface area contributed by atoms with Gasteiger partial charge in [0.1, 0.15) is 17.1 Å². The lowest BCUT2D eigenvalue weighted by molar-refractivity contribution is -0.00631. The Morgan fingerprint density at radius 3 is 2.00 bits per heavy atom. The summed E-state index contributed by atoms with van der Waals surface area (Å²) in [6.07, 6.45) is 1.64. The maximum atomic E-state index is 12.1. The highest BCUT2D eigenvalue weighted by Crippen LogP contribution is 2.42. The van der Waals surface area contributed by atoms with Crippen molar-refractivity contribution < 1.29 is 14.6 Å². The average molecular weight is 463 g/mol. The number of piperidine rings is 1. The maximum absolute atomic E-state index is 12.1. The van der Waals surface area contributed by atoms with Crippen molar-refractivity contribution in [3.8, 4) is 11.5 Å². The van der Waals surface area contributed by atoms with Gasteiger partial charge in [-0.3, -0.25) is 0 Å². The Hall–Kier alpha value is -3.09. The van der Waals surface area contributed by atoms with Gasteiger partial charge in [0.15, 0.2) is 5.11 Å². The Morgan fingerprint density at radius 1 is 0.909 bits per heavy atom. The second-order valence-corrected chi connectivity index (χ2v) is 8.64. The fraction of sp³-hybridized carbons (Fsp3) is 0.296. The van der Waals surface area contributed by atoms with Gasteiger partial charge in [0, 0.05) is 19.2 Å². The van der Waals surface area contributed by atoms with Crippen molar-refractivity contribution in [3.63, 3.8) is 0 Å². The molecule has 0 saturated carbocycles. The highest BCUT2D eigenvalue weighted by atomic mass is 32.1. The number of hydrogen-bond acceptors (Lipinski definition) is 4. The van der Waals surface area contributed by atoms with Crippen LogP contribution in [0.4, 0.5) is 5.69 Å². The van der Waals surface area contributed by atoms with Crippen molar-refractivity contribution >= 4 is 23.0 Å². The molecule has 5 nitrogen and oxygen atoms in total. The number of aliphatic hydroxyl groups is 1. The minimum Gasteiger partial charge on any atom is -0.497 e. The van der Waals surface area contributed by atoms with Gasteiger partial charge in [-0.2, -0.15) is 0 Å². The van der Waals surface area contributed by atoms with Gasteiger partial charge in [-0.05, 0) is 54.2 Å². The lowest BCUT2D eigenvalue weighted by Gasteiger charge is -2.43. The number of benzene rings is 3. The number of likely N-dealkylation sites (tertiary alicyclic amines) is 1. The molecule has 4 rings (SSSR count). The summed E-state index contributed by atoms with van der Waals surface area (Å²) in [7, 11) is 3.26. The first-order valence-electron chi connectivity index (χ1n) is 11.2. The summed E-state index contributed by atoms with van der Waals surface area (Å²) < 4.78 is 10.8. The molecule has 6 heteroatoms. The van der Waals surface area contributed by atoms with Crippen molar-refractivity contribution in [3.05, 3.63) is 90.0 Å². The van der Waals surface area contributed by atoms with Crippen molar-refractivity contribution in [2.45, 2.75) is 18.4 Å². The minimum atomic E-state index is -1.04. The molecule has 1 fully saturated rings. The maximum Gasteiger partial charge on any atom is 0.173 e. The van der Waals surface area contributed by atoms with E-state index in [1.807, 2.05) is 78.9 Å². The van der Waals surface area contributed by atoms with Gasteiger partial charge in [0.05, 0.1) is 19.9 Å². The van der Waals surface area contributed by atoms with E-state index in [4.69, 9.17) is 21.7 Å². The second-order valence-electron chi connectivity index (χ2n) is 8.26. The molecule has 0 bridgehead atoms. The molecule has 0 aromatic heterocycles. The predicted molar refractivity (Wildman–Crippen MR) is 136 cm³/mol. The summed E-state index contributed by atoms with van der Waals surface area (Å²) in [5, 5.41) is 16.0. The van der Waals surface area contributed by atoms with E-state index in [-0.39, 0.29) is 5.92 Å². The molecule has 1 heterocycles. The molecule has 3 aromatic carbocycles. The number of methoxy groups -OCH3 is 2. The Bertz CT molecular complexity index is 1030. The van der Waals surface area contributed by atoms with E-state index >= 15 is 0 Å². The molecule has 1 aliphatic rings. The van der Waals surface area contributed by atoms with Crippen LogP contribution in [0.25, 0.3) is 0 Å². The van der Waals surface area contributed by atoms with E-state index in [0.29, 0.717) is 10.9 Å². The Labute approximate surface area is 201 Å². The molecule has 0 atom stereocenters. The van der Waals surface area contributed by atoms with Gasteiger partial charge in [0.25, 0.3) is 0 Å². The number of ether oxygens (including phenoxy) is 2. The lowest BCUT2D eigenvalue weighted by Crippen LogP contribution is -2.47. The summed E-state index contributed by atoms with van der Waals surface area (Å²) in [6.45, 7) is 1.52. The molecule has 0 aliphatic carbocycles. The average Bonchev–Trinajstić information content (AvgIpc) is 2.89. The molecule has 0 radical (unpaired) electrons. The third-order valence-corrected chi connectivity index (χ3v) is 6.81. The number of nitrogens with one attached hydrogen (secondary N) is 1. The van der Waals surface area contributed by atoms with Crippen LogP contribution in [0.1, 0.15) is 24.0 Å². The summed E-state index contributed by atoms with van der Waals surface area (Å²) in [4.78, 5) is 2.16. The van der Waals surface area contributed by atoms with Crippen LogP contribution >= 0.6 is 12.2 Å². The van der Waals surface area contributed by atoms with Gasteiger partial charge in [-0.25, -0.2) is 0 Å². The van der Waals surface area contributed by atoms with E-state index in [1.165, 1.54) is 0 Å². The molecule has 172 valence electrons. The van der Waals surface area contributed by atoms with E-state index in [9.17, 15) is 5.11 Å². The SMILES string of the molecule is COc1ccc(NC(=S)N2CCC(C(O)(c3ccccc3)c3ccccc3)CC2)c(OC)c1. The number of hydrogen-bond donors (Lipinski definition) is 2. The van der Waals surface area contributed by atoms with Crippen molar-refractivity contribution in [2.75, 3.05) is 32.6 Å². The zero-order valence-corrected chi connectivity index (χ0v) is 19.8. The van der Waals surface area contributed by atoms with Gasteiger partial charge < -0.3 is 24.8 Å². The molecule has 33 heavy (non-hydrogen) atoms. The van der Waals surface area contributed by atoms with E-state index in [1.54, 1.807) is 14.2 Å². The van der Waals surface area contributed by atoms with Crippen LogP contribution in [0.3, 0.4) is 0 Å². The molecule has 2 N–H and O–H groups in total. The summed E-state index contributed by atoms with van der Waals surface area (Å²) in [5.41, 5.74) is 1.62. The van der Waals surface area contributed by atoms with Gasteiger partial charge in [-0.1, -0.05) is 60.7 Å². The van der Waals surface area contributed by atoms with Crippen LogP contribution in [0.5, 0.6) is 11.5 Å². The molecular weight excluding hydrogens is 432 g/mol. The molecule has 0 spiro atoms. The Morgan fingerprint density at radius 2 is 1.48 bits per heavy atom. The zero-order chi connectivity index (χ0) is 23.3. The van der Waals surface area contributed by atoms with Gasteiger partial charge >= 0.3 is 0 Å². The van der Waals surface area contributed by atoms with Crippen LogP contribution in [-0.2, 0) is 5.60 Å². The molecule has 0 amide bonds. The van der Waals surface area contributed by atoms with Crippen LogP contribution in [0.15, 0.2) is 78.9 Å². The first kappa shape index (κ1) is 23.1. The van der Waals surface area contributed by atoms with Crippen molar-refractivity contribution in [1.82, 2.24) is 4.90 Å². The molecule has 1 aliphatic heterocycles. The fourth-order valence-electron chi connectivity index (χ4n) is 4.62. The number of nitrogens with zero attached hydrogens (tertiary/aromatic N) is 1. The molecule has 3 aromatic rings. The monoisotopic (exact) mass is 462 g/mol. The number of thiocarbonyl (C=S) groups is 1. The highest BCUT2D eigenvalue weighted by molar-refractivity contribution is 7.80. The first-order chi connectivity index (χ1) is 16.1. The fourth-order valence-corrected chi connectivity index (χ4v) is 4.91. The first-order valence-corrected chi connectivity index (χ1v) is 11.6. The van der Waals surface area contributed by atoms with Gasteiger partial charge in [0.2, 0.25) is 0 Å². The van der Waals surface area contributed by atoms with Crippen LogP contribution < -0.4 is 14.8 Å². The molecular formula is C27H30N2O3S. The zero-order valence-electron chi connectivity index (χ0n) is 19.0. The smallest absolute Gasteiger partial charge is 0.173 e. The van der Waals surface area contributed by atoms with Crippen LogP contribution in [0, 0.1) is 5.92 Å².